The number of aromatic nitrogens is 4. The third-order valence-electron chi connectivity index (χ3n) is 4.08. The third-order valence-corrected chi connectivity index (χ3v) is 4.08. The molecule has 7 nitrogen and oxygen atoms in total. The first-order chi connectivity index (χ1) is 11.2. The lowest BCUT2D eigenvalue weighted by Crippen LogP contribution is -2.39. The van der Waals surface area contributed by atoms with Gasteiger partial charge in [0.05, 0.1) is 5.69 Å². The molecule has 1 aliphatic heterocycles. The summed E-state index contributed by atoms with van der Waals surface area (Å²) in [6.45, 7) is 3.02. The molecule has 1 saturated heterocycles. The SMILES string of the molecule is CN(C)c1cc(NC2CCN(Cc3ccncn3)CC2)ncn1. The third kappa shape index (κ3) is 4.35. The van der Waals surface area contributed by atoms with Crippen LogP contribution in [0.15, 0.2) is 31.0 Å². The van der Waals surface area contributed by atoms with Gasteiger partial charge in [-0.1, -0.05) is 0 Å². The molecule has 0 aromatic carbocycles. The first-order valence-corrected chi connectivity index (χ1v) is 7.94. The normalized spacial score (nSPS) is 16.3. The van der Waals surface area contributed by atoms with Crippen LogP contribution in [-0.4, -0.2) is 58.1 Å². The van der Waals surface area contributed by atoms with Gasteiger partial charge in [0.2, 0.25) is 0 Å². The van der Waals surface area contributed by atoms with E-state index in [1.54, 1.807) is 18.9 Å². The topological polar surface area (TPSA) is 70.1 Å². The maximum absolute atomic E-state index is 4.32. The second-order valence-corrected chi connectivity index (χ2v) is 6.05. The first kappa shape index (κ1) is 15.6. The van der Waals surface area contributed by atoms with Crippen LogP contribution in [0.4, 0.5) is 11.6 Å². The van der Waals surface area contributed by atoms with Crippen molar-refractivity contribution in [3.8, 4) is 0 Å². The van der Waals surface area contributed by atoms with Gasteiger partial charge in [0.1, 0.15) is 24.3 Å². The minimum atomic E-state index is 0.460. The zero-order valence-corrected chi connectivity index (χ0v) is 13.7. The van der Waals surface area contributed by atoms with Crippen molar-refractivity contribution in [3.05, 3.63) is 36.7 Å². The van der Waals surface area contributed by atoms with Crippen LogP contribution in [0.3, 0.4) is 0 Å². The average molecular weight is 313 g/mol. The van der Waals surface area contributed by atoms with Gasteiger partial charge in [-0.15, -0.1) is 0 Å². The molecule has 7 heteroatoms. The van der Waals surface area contributed by atoms with Crippen LogP contribution in [0, 0.1) is 0 Å². The van der Waals surface area contributed by atoms with Crippen LogP contribution in [-0.2, 0) is 6.54 Å². The summed E-state index contributed by atoms with van der Waals surface area (Å²) in [5, 5.41) is 3.53. The highest BCUT2D eigenvalue weighted by Gasteiger charge is 2.19. The zero-order valence-electron chi connectivity index (χ0n) is 13.7. The average Bonchev–Trinajstić information content (AvgIpc) is 2.58. The molecule has 122 valence electrons. The number of hydrogen-bond acceptors (Lipinski definition) is 7. The largest absolute Gasteiger partial charge is 0.367 e. The standard InChI is InChI=1S/C16H23N7/c1-22(2)16-9-15(19-12-20-16)21-13-4-7-23(8-5-13)10-14-3-6-17-11-18-14/h3,6,9,11-13H,4-5,7-8,10H2,1-2H3,(H,19,20,21). The smallest absolute Gasteiger partial charge is 0.133 e. The predicted octanol–water partition coefficient (Wildman–Crippen LogP) is 1.41. The highest BCUT2D eigenvalue weighted by molar-refractivity contribution is 5.47. The molecule has 0 saturated carbocycles. The Hall–Kier alpha value is -2.28. The van der Waals surface area contributed by atoms with E-state index in [2.05, 4.69) is 30.2 Å². The fraction of sp³-hybridized carbons (Fsp3) is 0.500. The maximum Gasteiger partial charge on any atom is 0.133 e. The van der Waals surface area contributed by atoms with Crippen LogP contribution >= 0.6 is 0 Å². The number of hydrogen-bond donors (Lipinski definition) is 1. The summed E-state index contributed by atoms with van der Waals surface area (Å²) in [5.74, 6) is 1.82. The lowest BCUT2D eigenvalue weighted by atomic mass is 10.0. The van der Waals surface area contributed by atoms with Crippen molar-refractivity contribution in [2.45, 2.75) is 25.4 Å². The van der Waals surface area contributed by atoms with Gasteiger partial charge in [0.25, 0.3) is 0 Å². The van der Waals surface area contributed by atoms with Gasteiger partial charge in [-0.3, -0.25) is 4.90 Å². The Kier molecular flexibility index (Phi) is 4.97. The van der Waals surface area contributed by atoms with Crippen molar-refractivity contribution >= 4 is 11.6 Å². The van der Waals surface area contributed by atoms with E-state index in [1.807, 2.05) is 31.1 Å². The molecule has 1 aliphatic rings. The van der Waals surface area contributed by atoms with E-state index in [-0.39, 0.29) is 0 Å². The highest BCUT2D eigenvalue weighted by atomic mass is 15.2. The molecule has 0 aliphatic carbocycles. The van der Waals surface area contributed by atoms with Gasteiger partial charge >= 0.3 is 0 Å². The van der Waals surface area contributed by atoms with Crippen LogP contribution in [0.5, 0.6) is 0 Å². The molecule has 23 heavy (non-hydrogen) atoms. The molecule has 1 fully saturated rings. The molecule has 0 spiro atoms. The lowest BCUT2D eigenvalue weighted by Gasteiger charge is -2.32. The Bertz CT molecular complexity index is 609. The quantitative estimate of drug-likeness (QED) is 0.895. The molecule has 2 aromatic rings. The minimum absolute atomic E-state index is 0.460. The molecule has 0 atom stereocenters. The maximum atomic E-state index is 4.32. The summed E-state index contributed by atoms with van der Waals surface area (Å²) in [6, 6.07) is 4.43. The molecule has 3 heterocycles. The second kappa shape index (κ2) is 7.32. The zero-order chi connectivity index (χ0) is 16.1. The summed E-state index contributed by atoms with van der Waals surface area (Å²) < 4.78 is 0. The molecule has 2 aromatic heterocycles. The summed E-state index contributed by atoms with van der Waals surface area (Å²) in [4.78, 5) is 21.2. The van der Waals surface area contributed by atoms with E-state index in [1.165, 1.54) is 0 Å². The monoisotopic (exact) mass is 313 g/mol. The van der Waals surface area contributed by atoms with E-state index >= 15 is 0 Å². The van der Waals surface area contributed by atoms with Crippen molar-refractivity contribution < 1.29 is 0 Å². The van der Waals surface area contributed by atoms with Gasteiger partial charge in [-0.05, 0) is 18.9 Å². The van der Waals surface area contributed by atoms with Crippen molar-refractivity contribution in [2.24, 2.45) is 0 Å². The minimum Gasteiger partial charge on any atom is -0.367 e. The number of nitrogens with one attached hydrogen (secondary N) is 1. The molecule has 3 rings (SSSR count). The Morgan fingerprint density at radius 3 is 2.70 bits per heavy atom. The van der Waals surface area contributed by atoms with Crippen molar-refractivity contribution in [3.63, 3.8) is 0 Å². The Balaban J connectivity index is 1.50. The molecule has 0 unspecified atom stereocenters. The van der Waals surface area contributed by atoms with Crippen LogP contribution in [0.2, 0.25) is 0 Å². The fourth-order valence-corrected chi connectivity index (χ4v) is 2.76. The summed E-state index contributed by atoms with van der Waals surface area (Å²) in [7, 11) is 3.97. The van der Waals surface area contributed by atoms with E-state index in [0.717, 1.165) is 49.8 Å². The van der Waals surface area contributed by atoms with E-state index in [0.29, 0.717) is 6.04 Å². The molecular formula is C16H23N7. The van der Waals surface area contributed by atoms with Crippen molar-refractivity contribution in [2.75, 3.05) is 37.4 Å². The highest BCUT2D eigenvalue weighted by Crippen LogP contribution is 2.18. The van der Waals surface area contributed by atoms with Crippen LogP contribution in [0.1, 0.15) is 18.5 Å². The summed E-state index contributed by atoms with van der Waals surface area (Å²) >= 11 is 0. The number of likely N-dealkylation sites (tertiary alicyclic amines) is 1. The van der Waals surface area contributed by atoms with Crippen LogP contribution in [0.25, 0.3) is 0 Å². The van der Waals surface area contributed by atoms with Gasteiger partial charge in [-0.25, -0.2) is 19.9 Å². The Morgan fingerprint density at radius 1 is 1.17 bits per heavy atom. The number of nitrogens with zero attached hydrogens (tertiary/aromatic N) is 6. The fourth-order valence-electron chi connectivity index (χ4n) is 2.76. The molecule has 0 bridgehead atoms. The Labute approximate surface area is 136 Å². The van der Waals surface area contributed by atoms with E-state index < -0.39 is 0 Å². The Morgan fingerprint density at radius 2 is 2.00 bits per heavy atom. The van der Waals surface area contributed by atoms with Crippen LogP contribution < -0.4 is 10.2 Å². The molecule has 1 N–H and O–H groups in total. The van der Waals surface area contributed by atoms with Gasteiger partial charge in [0.15, 0.2) is 0 Å². The molecular weight excluding hydrogens is 290 g/mol. The van der Waals surface area contributed by atoms with E-state index in [9.17, 15) is 0 Å². The van der Waals surface area contributed by atoms with Gasteiger partial charge in [-0.2, -0.15) is 0 Å². The number of piperidine rings is 1. The van der Waals surface area contributed by atoms with Crippen molar-refractivity contribution in [1.82, 2.24) is 24.8 Å². The predicted molar refractivity (Wildman–Crippen MR) is 90.3 cm³/mol. The lowest BCUT2D eigenvalue weighted by molar-refractivity contribution is 0.209. The van der Waals surface area contributed by atoms with Gasteiger partial charge < -0.3 is 10.2 Å². The summed E-state index contributed by atoms with van der Waals surface area (Å²) in [5.41, 5.74) is 1.08. The second-order valence-electron chi connectivity index (χ2n) is 6.05. The van der Waals surface area contributed by atoms with Crippen molar-refractivity contribution in [1.29, 1.82) is 0 Å². The van der Waals surface area contributed by atoms with Gasteiger partial charge in [0, 0.05) is 52.0 Å². The first-order valence-electron chi connectivity index (χ1n) is 7.94. The van der Waals surface area contributed by atoms with E-state index in [4.69, 9.17) is 0 Å². The molecule has 0 radical (unpaired) electrons. The number of anilines is 2. The summed E-state index contributed by atoms with van der Waals surface area (Å²) in [6.07, 6.45) is 7.23. The molecule has 0 amide bonds. The number of rotatable bonds is 5.